The molecule has 16 heavy (non-hydrogen) atoms. The van der Waals surface area contributed by atoms with Crippen LogP contribution in [0, 0.1) is 5.92 Å². The van der Waals surface area contributed by atoms with Crippen LogP contribution in [0.25, 0.3) is 0 Å². The van der Waals surface area contributed by atoms with Crippen molar-refractivity contribution in [2.45, 2.75) is 33.3 Å². The Morgan fingerprint density at radius 1 is 1.56 bits per heavy atom. The number of Topliss-reactive ketones (excluding diaryl/α,β-unsaturated/α-hetero) is 1. The maximum Gasteiger partial charge on any atom is 0.169 e. The SMILES string of the molecule is CCOC(C(=O)Cc1nccn1C)C(C)C. The third-order valence-corrected chi connectivity index (χ3v) is 2.52. The zero-order valence-electron chi connectivity index (χ0n) is 10.4. The molecule has 0 bridgehead atoms. The third-order valence-electron chi connectivity index (χ3n) is 2.52. The Labute approximate surface area is 96.6 Å². The molecule has 0 aliphatic heterocycles. The normalized spacial score (nSPS) is 13.1. The van der Waals surface area contributed by atoms with Gasteiger partial charge in [0.1, 0.15) is 11.9 Å². The molecular weight excluding hydrogens is 204 g/mol. The van der Waals surface area contributed by atoms with Crippen molar-refractivity contribution < 1.29 is 9.53 Å². The summed E-state index contributed by atoms with van der Waals surface area (Å²) in [5.41, 5.74) is 0. The van der Waals surface area contributed by atoms with E-state index >= 15 is 0 Å². The average Bonchev–Trinajstić information content (AvgIpc) is 2.60. The molecule has 1 atom stereocenters. The van der Waals surface area contributed by atoms with Crippen LogP contribution in [0.5, 0.6) is 0 Å². The monoisotopic (exact) mass is 224 g/mol. The van der Waals surface area contributed by atoms with Crippen molar-refractivity contribution in [2.24, 2.45) is 13.0 Å². The molecule has 0 fully saturated rings. The maximum atomic E-state index is 12.0. The zero-order valence-corrected chi connectivity index (χ0v) is 10.4. The van der Waals surface area contributed by atoms with Gasteiger partial charge in [0.15, 0.2) is 5.78 Å². The van der Waals surface area contributed by atoms with Gasteiger partial charge in [0.25, 0.3) is 0 Å². The van der Waals surface area contributed by atoms with E-state index in [2.05, 4.69) is 4.98 Å². The van der Waals surface area contributed by atoms with E-state index in [0.717, 1.165) is 5.82 Å². The summed E-state index contributed by atoms with van der Waals surface area (Å²) in [6.45, 7) is 6.46. The molecule has 0 amide bonds. The molecule has 0 aromatic carbocycles. The van der Waals surface area contributed by atoms with Crippen LogP contribution in [-0.2, 0) is 23.0 Å². The Bertz CT molecular complexity index is 345. The fourth-order valence-electron chi connectivity index (χ4n) is 1.66. The van der Waals surface area contributed by atoms with Crippen LogP contribution in [0.4, 0.5) is 0 Å². The maximum absolute atomic E-state index is 12.0. The van der Waals surface area contributed by atoms with E-state index < -0.39 is 0 Å². The van der Waals surface area contributed by atoms with Crippen molar-refractivity contribution in [2.75, 3.05) is 6.61 Å². The summed E-state index contributed by atoms with van der Waals surface area (Å²) in [7, 11) is 1.89. The van der Waals surface area contributed by atoms with Crippen LogP contribution >= 0.6 is 0 Å². The number of aryl methyl sites for hydroxylation is 1. The second-order valence-electron chi connectivity index (χ2n) is 4.22. The average molecular weight is 224 g/mol. The van der Waals surface area contributed by atoms with Gasteiger partial charge in [-0.15, -0.1) is 0 Å². The van der Waals surface area contributed by atoms with Crippen LogP contribution in [-0.4, -0.2) is 28.0 Å². The number of rotatable bonds is 6. The molecule has 1 heterocycles. The lowest BCUT2D eigenvalue weighted by Gasteiger charge is -2.19. The lowest BCUT2D eigenvalue weighted by Crippen LogP contribution is -2.31. The molecular formula is C12H20N2O2. The summed E-state index contributed by atoms with van der Waals surface area (Å²) in [6.07, 6.45) is 3.56. The fourth-order valence-corrected chi connectivity index (χ4v) is 1.66. The highest BCUT2D eigenvalue weighted by molar-refractivity contribution is 5.84. The number of hydrogen-bond acceptors (Lipinski definition) is 3. The molecule has 1 aromatic heterocycles. The van der Waals surface area contributed by atoms with Gasteiger partial charge in [-0.1, -0.05) is 13.8 Å². The highest BCUT2D eigenvalue weighted by Crippen LogP contribution is 2.10. The van der Waals surface area contributed by atoms with Gasteiger partial charge >= 0.3 is 0 Å². The predicted molar refractivity (Wildman–Crippen MR) is 62.2 cm³/mol. The summed E-state index contributed by atoms with van der Waals surface area (Å²) in [5, 5.41) is 0. The largest absolute Gasteiger partial charge is 0.370 e. The van der Waals surface area contributed by atoms with E-state index in [1.54, 1.807) is 6.20 Å². The van der Waals surface area contributed by atoms with Gasteiger partial charge in [0.2, 0.25) is 0 Å². The first kappa shape index (κ1) is 12.9. The molecule has 1 aromatic rings. The standard InChI is InChI=1S/C12H20N2O2/c1-5-16-12(9(2)3)10(15)8-11-13-6-7-14(11)4/h6-7,9,12H,5,8H2,1-4H3. The number of carbonyl (C=O) groups excluding carboxylic acids is 1. The second-order valence-corrected chi connectivity index (χ2v) is 4.22. The van der Waals surface area contributed by atoms with Gasteiger partial charge in [0, 0.05) is 26.0 Å². The number of aromatic nitrogens is 2. The van der Waals surface area contributed by atoms with Crippen LogP contribution in [0.2, 0.25) is 0 Å². The number of ether oxygens (including phenoxy) is 1. The minimum Gasteiger partial charge on any atom is -0.370 e. The molecule has 0 saturated heterocycles. The van der Waals surface area contributed by atoms with Crippen molar-refractivity contribution >= 4 is 5.78 Å². The van der Waals surface area contributed by atoms with Crippen LogP contribution in [0.1, 0.15) is 26.6 Å². The molecule has 1 unspecified atom stereocenters. The molecule has 0 aliphatic rings. The molecule has 4 heteroatoms. The molecule has 4 nitrogen and oxygen atoms in total. The molecule has 0 aliphatic carbocycles. The Morgan fingerprint density at radius 3 is 2.69 bits per heavy atom. The summed E-state index contributed by atoms with van der Waals surface area (Å²) in [5.74, 6) is 1.09. The number of nitrogens with zero attached hydrogens (tertiary/aromatic N) is 2. The Balaban J connectivity index is 2.66. The van der Waals surface area contributed by atoms with Crippen molar-refractivity contribution in [3.05, 3.63) is 18.2 Å². The minimum absolute atomic E-state index is 0.103. The minimum atomic E-state index is -0.318. The molecule has 0 spiro atoms. The number of ketones is 1. The van der Waals surface area contributed by atoms with Gasteiger partial charge in [-0.05, 0) is 12.8 Å². The molecule has 1 rings (SSSR count). The quantitative estimate of drug-likeness (QED) is 0.737. The molecule has 90 valence electrons. The summed E-state index contributed by atoms with van der Waals surface area (Å²) >= 11 is 0. The third kappa shape index (κ3) is 3.17. The Morgan fingerprint density at radius 2 is 2.25 bits per heavy atom. The number of imidazole rings is 1. The van der Waals surface area contributed by atoms with Gasteiger partial charge in [-0.2, -0.15) is 0 Å². The van der Waals surface area contributed by atoms with E-state index in [-0.39, 0.29) is 17.8 Å². The zero-order chi connectivity index (χ0) is 12.1. The van der Waals surface area contributed by atoms with E-state index in [0.29, 0.717) is 13.0 Å². The molecule has 0 radical (unpaired) electrons. The first-order chi connectivity index (χ1) is 7.56. The topological polar surface area (TPSA) is 44.1 Å². The lowest BCUT2D eigenvalue weighted by molar-refractivity contribution is -0.132. The number of hydrogen-bond donors (Lipinski definition) is 0. The first-order valence-corrected chi connectivity index (χ1v) is 5.66. The predicted octanol–water partition coefficient (Wildman–Crippen LogP) is 1.59. The first-order valence-electron chi connectivity index (χ1n) is 5.66. The summed E-state index contributed by atoms with van der Waals surface area (Å²) in [6, 6.07) is 0. The van der Waals surface area contributed by atoms with Crippen LogP contribution in [0.3, 0.4) is 0 Å². The van der Waals surface area contributed by atoms with Gasteiger partial charge < -0.3 is 9.30 Å². The van der Waals surface area contributed by atoms with Crippen molar-refractivity contribution in [3.63, 3.8) is 0 Å². The summed E-state index contributed by atoms with van der Waals surface area (Å²) in [4.78, 5) is 16.2. The second kappa shape index (κ2) is 5.80. The van der Waals surface area contributed by atoms with Gasteiger partial charge in [-0.25, -0.2) is 4.98 Å². The number of carbonyl (C=O) groups is 1. The fraction of sp³-hybridized carbons (Fsp3) is 0.667. The van der Waals surface area contributed by atoms with Gasteiger partial charge in [-0.3, -0.25) is 4.79 Å². The smallest absolute Gasteiger partial charge is 0.169 e. The molecule has 0 N–H and O–H groups in total. The lowest BCUT2D eigenvalue weighted by atomic mass is 10.0. The van der Waals surface area contributed by atoms with Crippen molar-refractivity contribution in [3.8, 4) is 0 Å². The Hall–Kier alpha value is -1.16. The highest BCUT2D eigenvalue weighted by Gasteiger charge is 2.23. The van der Waals surface area contributed by atoms with Gasteiger partial charge in [0.05, 0.1) is 6.42 Å². The highest BCUT2D eigenvalue weighted by atomic mass is 16.5. The van der Waals surface area contributed by atoms with Crippen LogP contribution in [0.15, 0.2) is 12.4 Å². The Kier molecular flexibility index (Phi) is 4.68. The van der Waals surface area contributed by atoms with E-state index in [1.807, 2.05) is 38.6 Å². The van der Waals surface area contributed by atoms with E-state index in [9.17, 15) is 4.79 Å². The summed E-state index contributed by atoms with van der Waals surface area (Å²) < 4.78 is 7.33. The van der Waals surface area contributed by atoms with E-state index in [4.69, 9.17) is 4.74 Å². The van der Waals surface area contributed by atoms with Crippen molar-refractivity contribution in [1.82, 2.24) is 9.55 Å². The van der Waals surface area contributed by atoms with Crippen LogP contribution < -0.4 is 0 Å². The molecule has 0 saturated carbocycles. The van der Waals surface area contributed by atoms with Crippen molar-refractivity contribution in [1.29, 1.82) is 0 Å². The van der Waals surface area contributed by atoms with E-state index in [1.165, 1.54) is 0 Å².